The van der Waals surface area contributed by atoms with Gasteiger partial charge in [0.2, 0.25) is 10.0 Å². The van der Waals surface area contributed by atoms with E-state index in [1.165, 1.54) is 0 Å². The summed E-state index contributed by atoms with van der Waals surface area (Å²) in [5, 5.41) is 2.52. The summed E-state index contributed by atoms with van der Waals surface area (Å²) in [7, 11) is -3.48. The molecule has 0 unspecified atom stereocenters. The first-order valence-corrected chi connectivity index (χ1v) is 9.42. The molecule has 1 aromatic carbocycles. The number of benzene rings is 1. The molecule has 25 heavy (non-hydrogen) atoms. The summed E-state index contributed by atoms with van der Waals surface area (Å²) >= 11 is 0. The Kier molecular flexibility index (Phi) is 6.91. The number of aryl methyl sites for hydroxylation is 1. The van der Waals surface area contributed by atoms with E-state index in [-0.39, 0.29) is 31.4 Å². The summed E-state index contributed by atoms with van der Waals surface area (Å²) in [6, 6.07) is 10.8. The highest BCUT2D eigenvalue weighted by atomic mass is 32.2. The van der Waals surface area contributed by atoms with Crippen LogP contribution in [0.15, 0.2) is 48.8 Å². The van der Waals surface area contributed by atoms with Crippen molar-refractivity contribution in [3.05, 3.63) is 59.9 Å². The molecule has 7 nitrogen and oxygen atoms in total. The van der Waals surface area contributed by atoms with E-state index in [1.54, 1.807) is 36.7 Å². The molecule has 1 amide bonds. The lowest BCUT2D eigenvalue weighted by Gasteiger charge is -2.09. The summed E-state index contributed by atoms with van der Waals surface area (Å²) in [5.41, 5.74) is 1.86. The van der Waals surface area contributed by atoms with Crippen molar-refractivity contribution in [2.45, 2.75) is 13.5 Å². The third-order valence-electron chi connectivity index (χ3n) is 3.30. The fourth-order valence-corrected chi connectivity index (χ4v) is 2.83. The number of carbonyl (C=O) groups is 1. The van der Waals surface area contributed by atoms with E-state index in [2.05, 4.69) is 15.0 Å². The first-order chi connectivity index (χ1) is 11.9. The number of nitrogens with one attached hydrogen (secondary N) is 2. The standard InChI is InChI=1S/C17H21N3O4S/c1-14-4-6-16(7-5-14)24-13-17(21)19-9-10-25(22,23)20-12-15-3-2-8-18-11-15/h2-8,11,20H,9-10,12-13H2,1H3,(H,19,21). The van der Waals surface area contributed by atoms with E-state index in [1.807, 2.05) is 19.1 Å². The largest absolute Gasteiger partial charge is 0.484 e. The van der Waals surface area contributed by atoms with Gasteiger partial charge in [-0.25, -0.2) is 13.1 Å². The Morgan fingerprint density at radius 1 is 1.20 bits per heavy atom. The smallest absolute Gasteiger partial charge is 0.257 e. The molecule has 2 N–H and O–H groups in total. The number of hydrogen-bond donors (Lipinski definition) is 2. The molecule has 0 bridgehead atoms. The van der Waals surface area contributed by atoms with Gasteiger partial charge in [0.1, 0.15) is 5.75 Å². The predicted octanol–water partition coefficient (Wildman–Crippen LogP) is 1.00. The number of nitrogens with zero attached hydrogens (tertiary/aromatic N) is 1. The van der Waals surface area contributed by atoms with Gasteiger partial charge in [0.05, 0.1) is 5.75 Å². The van der Waals surface area contributed by atoms with Crippen LogP contribution in [-0.4, -0.2) is 38.2 Å². The van der Waals surface area contributed by atoms with Gasteiger partial charge in [-0.15, -0.1) is 0 Å². The van der Waals surface area contributed by atoms with Crippen LogP contribution >= 0.6 is 0 Å². The molecule has 0 aliphatic heterocycles. The minimum atomic E-state index is -3.48. The molecule has 0 saturated heterocycles. The van der Waals surface area contributed by atoms with Crippen LogP contribution in [0.3, 0.4) is 0 Å². The maximum Gasteiger partial charge on any atom is 0.257 e. The van der Waals surface area contributed by atoms with Crippen molar-refractivity contribution in [3.63, 3.8) is 0 Å². The maximum atomic E-state index is 11.9. The number of amides is 1. The summed E-state index contributed by atoms with van der Waals surface area (Å²) in [6.07, 6.45) is 3.21. The second kappa shape index (κ2) is 9.14. The minimum absolute atomic E-state index is 0.0124. The molecule has 1 heterocycles. The molecule has 134 valence electrons. The molecule has 0 saturated carbocycles. The van der Waals surface area contributed by atoms with Gasteiger partial charge < -0.3 is 10.1 Å². The normalized spacial score (nSPS) is 11.1. The van der Waals surface area contributed by atoms with Crippen LogP contribution < -0.4 is 14.8 Å². The maximum absolute atomic E-state index is 11.9. The molecule has 0 radical (unpaired) electrons. The van der Waals surface area contributed by atoms with Gasteiger partial charge in [0, 0.05) is 25.5 Å². The number of ether oxygens (including phenoxy) is 1. The van der Waals surface area contributed by atoms with Crippen molar-refractivity contribution in [3.8, 4) is 5.75 Å². The summed E-state index contributed by atoms with van der Waals surface area (Å²) in [4.78, 5) is 15.6. The second-order valence-corrected chi connectivity index (χ2v) is 7.38. The minimum Gasteiger partial charge on any atom is -0.484 e. The van der Waals surface area contributed by atoms with Crippen LogP contribution in [0.25, 0.3) is 0 Å². The van der Waals surface area contributed by atoms with E-state index in [0.29, 0.717) is 5.75 Å². The zero-order chi connectivity index (χ0) is 18.1. The Labute approximate surface area is 147 Å². The highest BCUT2D eigenvalue weighted by molar-refractivity contribution is 7.89. The Morgan fingerprint density at radius 2 is 1.96 bits per heavy atom. The number of carbonyl (C=O) groups excluding carboxylic acids is 1. The number of pyridine rings is 1. The lowest BCUT2D eigenvalue weighted by molar-refractivity contribution is -0.122. The van der Waals surface area contributed by atoms with Gasteiger partial charge >= 0.3 is 0 Å². The average Bonchev–Trinajstić information content (AvgIpc) is 2.60. The van der Waals surface area contributed by atoms with E-state index in [4.69, 9.17) is 4.74 Å². The highest BCUT2D eigenvalue weighted by Gasteiger charge is 2.11. The van der Waals surface area contributed by atoms with Crippen LogP contribution in [0.5, 0.6) is 5.75 Å². The van der Waals surface area contributed by atoms with Crippen molar-refractivity contribution in [1.82, 2.24) is 15.0 Å². The first kappa shape index (κ1) is 18.9. The van der Waals surface area contributed by atoms with Gasteiger partial charge in [0.15, 0.2) is 6.61 Å². The molecular formula is C17H21N3O4S. The lowest BCUT2D eigenvalue weighted by atomic mass is 10.2. The van der Waals surface area contributed by atoms with E-state index < -0.39 is 10.0 Å². The van der Waals surface area contributed by atoms with Crippen molar-refractivity contribution >= 4 is 15.9 Å². The molecule has 2 rings (SSSR count). The average molecular weight is 363 g/mol. The molecular weight excluding hydrogens is 342 g/mol. The zero-order valence-corrected chi connectivity index (χ0v) is 14.8. The molecule has 8 heteroatoms. The molecule has 0 fully saturated rings. The predicted molar refractivity (Wildman–Crippen MR) is 94.5 cm³/mol. The van der Waals surface area contributed by atoms with Crippen LogP contribution in [-0.2, 0) is 21.4 Å². The summed E-state index contributed by atoms with van der Waals surface area (Å²) in [6.45, 7) is 1.98. The highest BCUT2D eigenvalue weighted by Crippen LogP contribution is 2.10. The van der Waals surface area contributed by atoms with Crippen LogP contribution in [0.1, 0.15) is 11.1 Å². The van der Waals surface area contributed by atoms with Crippen molar-refractivity contribution in [1.29, 1.82) is 0 Å². The summed E-state index contributed by atoms with van der Waals surface area (Å²) in [5.74, 6) is 0.0123. The Hall–Kier alpha value is -2.45. The Balaban J connectivity index is 1.66. The SMILES string of the molecule is Cc1ccc(OCC(=O)NCCS(=O)(=O)NCc2cccnc2)cc1. The number of rotatable bonds is 9. The fourth-order valence-electron chi connectivity index (χ4n) is 1.93. The van der Waals surface area contributed by atoms with Gasteiger partial charge in [-0.1, -0.05) is 23.8 Å². The fraction of sp³-hybridized carbons (Fsp3) is 0.294. The van der Waals surface area contributed by atoms with Gasteiger partial charge in [-0.05, 0) is 30.7 Å². The third kappa shape index (κ3) is 7.32. The zero-order valence-electron chi connectivity index (χ0n) is 13.9. The van der Waals surface area contributed by atoms with Crippen LogP contribution in [0, 0.1) is 6.92 Å². The van der Waals surface area contributed by atoms with Gasteiger partial charge in [-0.3, -0.25) is 9.78 Å². The van der Waals surface area contributed by atoms with E-state index in [9.17, 15) is 13.2 Å². The Bertz CT molecular complexity index is 777. The third-order valence-corrected chi connectivity index (χ3v) is 4.63. The molecule has 2 aromatic rings. The van der Waals surface area contributed by atoms with Crippen molar-refractivity contribution < 1.29 is 17.9 Å². The molecule has 0 atom stereocenters. The molecule has 0 aliphatic rings. The van der Waals surface area contributed by atoms with E-state index in [0.717, 1.165) is 11.1 Å². The topological polar surface area (TPSA) is 97.4 Å². The van der Waals surface area contributed by atoms with E-state index >= 15 is 0 Å². The van der Waals surface area contributed by atoms with Gasteiger partial charge in [-0.2, -0.15) is 0 Å². The molecule has 0 aliphatic carbocycles. The van der Waals surface area contributed by atoms with Gasteiger partial charge in [0.25, 0.3) is 5.91 Å². The summed E-state index contributed by atoms with van der Waals surface area (Å²) < 4.78 is 31.6. The number of sulfonamides is 1. The Morgan fingerprint density at radius 3 is 2.64 bits per heavy atom. The number of hydrogen-bond acceptors (Lipinski definition) is 5. The second-order valence-electron chi connectivity index (χ2n) is 5.45. The quantitative estimate of drug-likeness (QED) is 0.693. The monoisotopic (exact) mass is 363 g/mol. The molecule has 1 aromatic heterocycles. The van der Waals surface area contributed by atoms with Crippen molar-refractivity contribution in [2.75, 3.05) is 18.9 Å². The number of aromatic nitrogens is 1. The van der Waals surface area contributed by atoms with Crippen molar-refractivity contribution in [2.24, 2.45) is 0 Å². The van der Waals surface area contributed by atoms with Crippen LogP contribution in [0.2, 0.25) is 0 Å². The first-order valence-electron chi connectivity index (χ1n) is 7.77. The lowest BCUT2D eigenvalue weighted by Crippen LogP contribution is -2.36. The van der Waals surface area contributed by atoms with Crippen LogP contribution in [0.4, 0.5) is 0 Å². The molecule has 0 spiro atoms.